The topological polar surface area (TPSA) is 37.1 Å². The summed E-state index contributed by atoms with van der Waals surface area (Å²) in [6.07, 6.45) is -0.539. The Morgan fingerprint density at radius 1 is 1.07 bits per heavy atom. The lowest BCUT2D eigenvalue weighted by molar-refractivity contribution is -0.903. The van der Waals surface area contributed by atoms with Gasteiger partial charge in [0.1, 0.15) is 25.0 Å². The molecule has 1 heterocycles. The van der Waals surface area contributed by atoms with E-state index < -0.39 is 6.10 Å². The van der Waals surface area contributed by atoms with Crippen LogP contribution in [0.15, 0.2) is 54.6 Å². The van der Waals surface area contributed by atoms with E-state index in [1.807, 2.05) is 49.4 Å². The molecule has 158 valence electrons. The molecule has 0 amide bonds. The molecule has 6 heteroatoms. The Morgan fingerprint density at radius 2 is 1.83 bits per heavy atom. The number of rotatable bonds is 6. The SMILES string of the molecule is Cc1ccc(N2CC[NH+](C[C@H](O)COc3ccc4ccccc4c3Cl)CC2)cc1Cl. The molecule has 30 heavy (non-hydrogen) atoms. The minimum Gasteiger partial charge on any atom is -0.489 e. The number of nitrogens with one attached hydrogen (secondary N) is 1. The number of piperazine rings is 1. The van der Waals surface area contributed by atoms with Crippen molar-refractivity contribution in [3.05, 3.63) is 70.2 Å². The van der Waals surface area contributed by atoms with Gasteiger partial charge >= 0.3 is 0 Å². The monoisotopic (exact) mass is 445 g/mol. The molecule has 1 aliphatic rings. The Hall–Kier alpha value is -1.98. The number of anilines is 1. The number of aliphatic hydroxyl groups excluding tert-OH is 1. The van der Waals surface area contributed by atoms with Crippen molar-refractivity contribution in [1.29, 1.82) is 0 Å². The molecule has 4 rings (SSSR count). The van der Waals surface area contributed by atoms with E-state index >= 15 is 0 Å². The first-order valence-corrected chi connectivity index (χ1v) is 11.1. The fraction of sp³-hybridized carbons (Fsp3) is 0.333. The smallest absolute Gasteiger partial charge is 0.138 e. The first-order chi connectivity index (χ1) is 14.5. The Balaban J connectivity index is 1.27. The fourth-order valence-corrected chi connectivity index (χ4v) is 4.43. The van der Waals surface area contributed by atoms with Crippen LogP contribution in [0, 0.1) is 6.92 Å². The largest absolute Gasteiger partial charge is 0.489 e. The van der Waals surface area contributed by atoms with Gasteiger partial charge in [0.15, 0.2) is 0 Å². The molecular weight excluding hydrogens is 419 g/mol. The third-order valence-corrected chi connectivity index (χ3v) is 6.57. The highest BCUT2D eigenvalue weighted by molar-refractivity contribution is 6.37. The van der Waals surface area contributed by atoms with Crippen molar-refractivity contribution in [3.63, 3.8) is 0 Å². The number of halogens is 2. The molecule has 1 fully saturated rings. The van der Waals surface area contributed by atoms with Crippen LogP contribution in [-0.2, 0) is 0 Å². The van der Waals surface area contributed by atoms with Crippen LogP contribution in [0.25, 0.3) is 10.8 Å². The second-order valence-electron chi connectivity index (χ2n) is 7.94. The number of ether oxygens (including phenoxy) is 1. The fourth-order valence-electron chi connectivity index (χ4n) is 3.97. The maximum Gasteiger partial charge on any atom is 0.138 e. The second-order valence-corrected chi connectivity index (χ2v) is 8.72. The maximum atomic E-state index is 10.5. The molecule has 3 aromatic rings. The zero-order valence-corrected chi connectivity index (χ0v) is 18.6. The van der Waals surface area contributed by atoms with E-state index in [0.717, 1.165) is 47.5 Å². The molecule has 0 aliphatic carbocycles. The first-order valence-electron chi connectivity index (χ1n) is 10.3. The maximum absolute atomic E-state index is 10.5. The van der Waals surface area contributed by atoms with Gasteiger partial charge in [-0.05, 0) is 36.1 Å². The van der Waals surface area contributed by atoms with Crippen LogP contribution >= 0.6 is 23.2 Å². The van der Waals surface area contributed by atoms with Gasteiger partial charge in [0.2, 0.25) is 0 Å². The number of fused-ring (bicyclic) bond motifs is 1. The first kappa shape index (κ1) is 21.3. The second kappa shape index (κ2) is 9.44. The minimum absolute atomic E-state index is 0.235. The summed E-state index contributed by atoms with van der Waals surface area (Å²) in [5.41, 5.74) is 2.26. The van der Waals surface area contributed by atoms with Crippen molar-refractivity contribution in [3.8, 4) is 5.75 Å². The van der Waals surface area contributed by atoms with Gasteiger partial charge in [0.25, 0.3) is 0 Å². The lowest BCUT2D eigenvalue weighted by atomic mass is 10.1. The molecule has 1 saturated heterocycles. The zero-order valence-electron chi connectivity index (χ0n) is 17.1. The van der Waals surface area contributed by atoms with Crippen LogP contribution in [-0.4, -0.2) is 50.5 Å². The molecule has 1 aliphatic heterocycles. The molecule has 4 nitrogen and oxygen atoms in total. The molecule has 0 radical (unpaired) electrons. The summed E-state index contributed by atoms with van der Waals surface area (Å²) in [7, 11) is 0. The van der Waals surface area contributed by atoms with E-state index in [9.17, 15) is 5.11 Å². The lowest BCUT2D eigenvalue weighted by Crippen LogP contribution is -3.16. The summed E-state index contributed by atoms with van der Waals surface area (Å²) >= 11 is 12.8. The summed E-state index contributed by atoms with van der Waals surface area (Å²) in [4.78, 5) is 3.73. The van der Waals surface area contributed by atoms with Gasteiger partial charge < -0.3 is 19.6 Å². The zero-order chi connectivity index (χ0) is 21.1. The van der Waals surface area contributed by atoms with Crippen LogP contribution < -0.4 is 14.5 Å². The van der Waals surface area contributed by atoms with E-state index in [1.165, 1.54) is 10.6 Å². The highest BCUT2D eigenvalue weighted by Gasteiger charge is 2.23. The summed E-state index contributed by atoms with van der Waals surface area (Å²) in [5, 5.41) is 13.9. The van der Waals surface area contributed by atoms with Crippen molar-refractivity contribution in [2.75, 3.05) is 44.2 Å². The Bertz CT molecular complexity index is 1020. The van der Waals surface area contributed by atoms with Crippen molar-refractivity contribution in [2.45, 2.75) is 13.0 Å². The molecular formula is C24H27Cl2N2O2+. The number of nitrogens with zero attached hydrogens (tertiary/aromatic N) is 1. The normalized spacial score (nSPS) is 16.1. The standard InChI is InChI=1S/C24H26Cl2N2O2/c1-17-6-8-19(14-22(17)25)28-12-10-27(11-13-28)15-20(29)16-30-23-9-7-18-4-2-3-5-21(18)24(23)26/h2-9,14,20,29H,10-13,15-16H2,1H3/p+1/t20-/m0/s1. The van der Waals surface area contributed by atoms with Crippen molar-refractivity contribution in [2.24, 2.45) is 0 Å². The van der Waals surface area contributed by atoms with Gasteiger partial charge in [-0.15, -0.1) is 0 Å². The number of aryl methyl sites for hydroxylation is 1. The Labute approximate surface area is 187 Å². The van der Waals surface area contributed by atoms with Crippen molar-refractivity contribution >= 4 is 39.7 Å². The highest BCUT2D eigenvalue weighted by Crippen LogP contribution is 2.32. The number of benzene rings is 3. The molecule has 0 bridgehead atoms. The highest BCUT2D eigenvalue weighted by atomic mass is 35.5. The third kappa shape index (κ3) is 4.84. The van der Waals surface area contributed by atoms with E-state index in [0.29, 0.717) is 17.3 Å². The average molecular weight is 446 g/mol. The number of hydrogen-bond acceptors (Lipinski definition) is 3. The Morgan fingerprint density at radius 3 is 2.60 bits per heavy atom. The molecule has 0 aromatic heterocycles. The van der Waals surface area contributed by atoms with Crippen molar-refractivity contribution in [1.82, 2.24) is 0 Å². The van der Waals surface area contributed by atoms with Gasteiger partial charge in [-0.1, -0.05) is 59.6 Å². The number of aliphatic hydroxyl groups is 1. The lowest BCUT2D eigenvalue weighted by Gasteiger charge is -2.34. The molecule has 0 saturated carbocycles. The van der Waals surface area contributed by atoms with Crippen LogP contribution in [0.4, 0.5) is 5.69 Å². The van der Waals surface area contributed by atoms with Gasteiger partial charge in [0.05, 0.1) is 31.2 Å². The number of hydrogen-bond donors (Lipinski definition) is 2. The predicted octanol–water partition coefficient (Wildman–Crippen LogP) is 3.60. The van der Waals surface area contributed by atoms with E-state index in [4.69, 9.17) is 27.9 Å². The summed E-state index contributed by atoms with van der Waals surface area (Å²) in [6, 6.07) is 18.0. The summed E-state index contributed by atoms with van der Waals surface area (Å²) in [5.74, 6) is 0.616. The van der Waals surface area contributed by atoms with E-state index in [-0.39, 0.29) is 6.61 Å². The third-order valence-electron chi connectivity index (χ3n) is 5.77. The molecule has 3 aromatic carbocycles. The number of quaternary nitrogens is 1. The minimum atomic E-state index is -0.539. The quantitative estimate of drug-likeness (QED) is 0.608. The van der Waals surface area contributed by atoms with Gasteiger partial charge in [-0.25, -0.2) is 0 Å². The summed E-state index contributed by atoms with van der Waals surface area (Å²) in [6.45, 7) is 6.74. The molecule has 2 N–H and O–H groups in total. The molecule has 0 unspecified atom stereocenters. The van der Waals surface area contributed by atoms with Crippen LogP contribution in [0.1, 0.15) is 5.56 Å². The van der Waals surface area contributed by atoms with Crippen LogP contribution in [0.5, 0.6) is 5.75 Å². The van der Waals surface area contributed by atoms with E-state index in [1.54, 1.807) is 0 Å². The van der Waals surface area contributed by atoms with Crippen LogP contribution in [0.2, 0.25) is 10.0 Å². The van der Waals surface area contributed by atoms with Gasteiger partial charge in [0, 0.05) is 16.1 Å². The van der Waals surface area contributed by atoms with Gasteiger partial charge in [-0.3, -0.25) is 0 Å². The van der Waals surface area contributed by atoms with E-state index in [2.05, 4.69) is 17.0 Å². The molecule has 0 spiro atoms. The van der Waals surface area contributed by atoms with Crippen LogP contribution in [0.3, 0.4) is 0 Å². The predicted molar refractivity (Wildman–Crippen MR) is 124 cm³/mol. The molecule has 1 atom stereocenters. The van der Waals surface area contributed by atoms with Gasteiger partial charge in [-0.2, -0.15) is 0 Å². The average Bonchev–Trinajstić information content (AvgIpc) is 2.76. The van der Waals surface area contributed by atoms with Crippen molar-refractivity contribution < 1.29 is 14.7 Å². The Kier molecular flexibility index (Phi) is 6.69. The summed E-state index contributed by atoms with van der Waals surface area (Å²) < 4.78 is 5.84.